The predicted octanol–water partition coefficient (Wildman–Crippen LogP) is 0.340. The summed E-state index contributed by atoms with van der Waals surface area (Å²) >= 11 is 0. The maximum atomic E-state index is 6.53. The lowest BCUT2D eigenvalue weighted by Crippen LogP contribution is -2.18. The summed E-state index contributed by atoms with van der Waals surface area (Å²) in [5.74, 6) is 0. The summed E-state index contributed by atoms with van der Waals surface area (Å²) in [4.78, 5) is 0. The topological polar surface area (TPSA) is 65.2 Å². The van der Waals surface area contributed by atoms with Gasteiger partial charge in [0.2, 0.25) is 6.34 Å². The molecule has 0 atom stereocenters. The zero-order chi connectivity index (χ0) is 6.57. The highest BCUT2D eigenvalue weighted by Gasteiger charge is 1.98. The molecule has 0 radical (unpaired) electrons. The second kappa shape index (κ2) is 3.12. The highest BCUT2D eigenvalue weighted by Crippen LogP contribution is 1.84. The maximum Gasteiger partial charge on any atom is 0.201 e. The fraction of sp³-hybridized carbons (Fsp3) is 0.750. The van der Waals surface area contributed by atoms with Crippen molar-refractivity contribution in [3.63, 3.8) is 0 Å². The Kier molecular flexibility index (Phi) is 2.76. The molecule has 0 aromatic heterocycles. The first-order valence-corrected chi connectivity index (χ1v) is 2.43. The van der Waals surface area contributed by atoms with Crippen molar-refractivity contribution in [2.75, 3.05) is 0 Å². The molecule has 3 N–H and O–H groups in total. The van der Waals surface area contributed by atoms with Gasteiger partial charge in [-0.1, -0.05) is 5.53 Å². The van der Waals surface area contributed by atoms with Crippen LogP contribution in [-0.2, 0) is 0 Å². The van der Waals surface area contributed by atoms with E-state index in [4.69, 9.17) is 11.3 Å². The van der Waals surface area contributed by atoms with Crippen molar-refractivity contribution in [2.24, 2.45) is 11.0 Å². The third-order valence-electron chi connectivity index (χ3n) is 0.797. The van der Waals surface area contributed by atoms with Crippen LogP contribution >= 0.6 is 0 Å². The predicted molar refractivity (Wildman–Crippen MR) is 30.8 cm³/mol. The Morgan fingerprint density at radius 1 is 1.75 bits per heavy atom. The van der Waals surface area contributed by atoms with Crippen molar-refractivity contribution < 1.29 is 4.68 Å². The van der Waals surface area contributed by atoms with Crippen molar-refractivity contribution in [3.05, 3.63) is 0 Å². The number of nitrogens with zero attached hydrogens (tertiary/aromatic N) is 2. The molecule has 0 unspecified atom stereocenters. The van der Waals surface area contributed by atoms with E-state index in [0.717, 1.165) is 0 Å². The summed E-state index contributed by atoms with van der Waals surface area (Å²) in [5.41, 5.74) is 11.6. The number of nitrogens with one attached hydrogen (secondary N) is 1. The Bertz CT molecular complexity index is 105. The van der Waals surface area contributed by atoms with Gasteiger partial charge in [-0.2, -0.15) is 0 Å². The van der Waals surface area contributed by atoms with Gasteiger partial charge in [0.05, 0.1) is 11.3 Å². The molecule has 4 heteroatoms. The van der Waals surface area contributed by atoms with Crippen LogP contribution in [0.25, 0.3) is 0 Å². The smallest absolute Gasteiger partial charge is 0.201 e. The molecule has 0 rings (SSSR count). The molecule has 4 nitrogen and oxygen atoms in total. The lowest BCUT2D eigenvalue weighted by atomic mass is 10.4. The lowest BCUT2D eigenvalue weighted by Gasteiger charge is -1.98. The fourth-order valence-electron chi connectivity index (χ4n) is 0.321. The summed E-state index contributed by atoms with van der Waals surface area (Å²) < 4.78 is 1.36. The first kappa shape index (κ1) is 7.07. The maximum absolute atomic E-state index is 6.53. The highest BCUT2D eigenvalue weighted by atomic mass is 15.5. The van der Waals surface area contributed by atoms with Crippen molar-refractivity contribution >= 4 is 6.34 Å². The third-order valence-corrected chi connectivity index (χ3v) is 0.797. The zero-order valence-electron chi connectivity index (χ0n) is 5.13. The van der Waals surface area contributed by atoms with E-state index < -0.39 is 0 Å². The normalized spacial score (nSPS) is 12.1. The highest BCUT2D eigenvalue weighted by molar-refractivity contribution is 5.44. The minimum atomic E-state index is 0.178. The Hall–Kier alpha value is -0.930. The van der Waals surface area contributed by atoms with Crippen molar-refractivity contribution in [1.82, 2.24) is 0 Å². The molecule has 0 amide bonds. The first-order chi connectivity index (χ1) is 3.72. The van der Waals surface area contributed by atoms with Crippen molar-refractivity contribution in [2.45, 2.75) is 19.9 Å². The summed E-state index contributed by atoms with van der Waals surface area (Å²) in [6.07, 6.45) is 1.28. The molecular formula is C4H11N4+. The quantitative estimate of drug-likeness (QED) is 0.176. The number of nitrogens with two attached hydrogens (primary N) is 1. The van der Waals surface area contributed by atoms with Crippen LogP contribution in [0.15, 0.2) is 5.22 Å². The largest absolute Gasteiger partial charge is 0.323 e. The molecule has 0 aliphatic carbocycles. The minimum absolute atomic E-state index is 0.178. The molecule has 0 spiro atoms. The van der Waals surface area contributed by atoms with E-state index in [1.54, 1.807) is 0 Å². The Morgan fingerprint density at radius 3 is 2.25 bits per heavy atom. The van der Waals surface area contributed by atoms with E-state index in [1.807, 2.05) is 13.8 Å². The molecule has 8 heavy (non-hydrogen) atoms. The van der Waals surface area contributed by atoms with Gasteiger partial charge < -0.3 is 5.73 Å². The lowest BCUT2D eigenvalue weighted by molar-refractivity contribution is -0.571. The van der Waals surface area contributed by atoms with Gasteiger partial charge in [0.1, 0.15) is 0 Å². The average molecular weight is 115 g/mol. The van der Waals surface area contributed by atoms with Gasteiger partial charge >= 0.3 is 0 Å². The second-order valence-electron chi connectivity index (χ2n) is 1.72. The molecule has 0 heterocycles. The fourth-order valence-corrected chi connectivity index (χ4v) is 0.321. The average Bonchev–Trinajstić information content (AvgIpc) is 1.69. The minimum Gasteiger partial charge on any atom is -0.323 e. The van der Waals surface area contributed by atoms with Gasteiger partial charge in [-0.05, 0) is 13.8 Å². The van der Waals surface area contributed by atoms with E-state index >= 15 is 0 Å². The summed E-state index contributed by atoms with van der Waals surface area (Å²) in [6, 6.07) is 0.178. The summed E-state index contributed by atoms with van der Waals surface area (Å²) in [7, 11) is 0. The van der Waals surface area contributed by atoms with E-state index in [-0.39, 0.29) is 6.04 Å². The number of hydrogen-bond donors (Lipinski definition) is 2. The van der Waals surface area contributed by atoms with Gasteiger partial charge in [0, 0.05) is 0 Å². The monoisotopic (exact) mass is 115 g/mol. The van der Waals surface area contributed by atoms with Gasteiger partial charge in [-0.15, -0.1) is 4.68 Å². The van der Waals surface area contributed by atoms with Crippen LogP contribution in [0.2, 0.25) is 0 Å². The Morgan fingerprint density at radius 2 is 2.25 bits per heavy atom. The molecule has 0 aromatic carbocycles. The molecule has 0 aliphatic heterocycles. The summed E-state index contributed by atoms with van der Waals surface area (Å²) in [6.45, 7) is 3.81. The molecule has 0 aromatic rings. The first-order valence-electron chi connectivity index (χ1n) is 2.43. The van der Waals surface area contributed by atoms with Gasteiger partial charge in [-0.25, -0.2) is 0 Å². The SMILES string of the molecule is CC(C)/[N+](=C/N)N=N. The van der Waals surface area contributed by atoms with Crippen LogP contribution < -0.4 is 5.73 Å². The van der Waals surface area contributed by atoms with E-state index in [2.05, 4.69) is 5.22 Å². The molecular weight excluding hydrogens is 104 g/mol. The van der Waals surface area contributed by atoms with Crippen molar-refractivity contribution in [3.8, 4) is 0 Å². The van der Waals surface area contributed by atoms with Crippen LogP contribution in [0.4, 0.5) is 0 Å². The second-order valence-corrected chi connectivity index (χ2v) is 1.72. The zero-order valence-corrected chi connectivity index (χ0v) is 5.13. The molecule has 0 aliphatic rings. The van der Waals surface area contributed by atoms with Gasteiger partial charge in [0.15, 0.2) is 0 Å². The van der Waals surface area contributed by atoms with Crippen LogP contribution in [0.3, 0.4) is 0 Å². The van der Waals surface area contributed by atoms with E-state index in [1.165, 1.54) is 11.0 Å². The molecule has 46 valence electrons. The van der Waals surface area contributed by atoms with Gasteiger partial charge in [0.25, 0.3) is 0 Å². The third kappa shape index (κ3) is 1.68. The molecule has 0 saturated heterocycles. The van der Waals surface area contributed by atoms with Crippen molar-refractivity contribution in [1.29, 1.82) is 5.53 Å². The number of rotatable bonds is 2. The Balaban J connectivity index is 3.91. The van der Waals surface area contributed by atoms with Gasteiger partial charge in [-0.3, -0.25) is 0 Å². The Labute approximate surface area is 48.5 Å². The summed E-state index contributed by atoms with van der Waals surface area (Å²) in [5, 5.41) is 3.11. The van der Waals surface area contributed by atoms with E-state index in [0.29, 0.717) is 0 Å². The molecule has 0 saturated carbocycles. The standard InChI is InChI=1S/C4H10N4/c1-4(2)8(3-5)7-6/h3-6H,1-2H3/p+1. The molecule has 0 fully saturated rings. The van der Waals surface area contributed by atoms with Crippen LogP contribution in [0, 0.1) is 5.53 Å². The number of hydrogen-bond acceptors (Lipinski definition) is 2. The van der Waals surface area contributed by atoms with Crippen LogP contribution in [-0.4, -0.2) is 17.1 Å². The van der Waals surface area contributed by atoms with Crippen LogP contribution in [0.1, 0.15) is 13.8 Å². The van der Waals surface area contributed by atoms with E-state index in [9.17, 15) is 0 Å². The molecule has 0 bridgehead atoms. The van der Waals surface area contributed by atoms with Crippen LogP contribution in [0.5, 0.6) is 0 Å².